The number of hydrogen-bond acceptors (Lipinski definition) is 12. The van der Waals surface area contributed by atoms with Crippen LogP contribution in [0.3, 0.4) is 0 Å². The molecule has 26 heavy (non-hydrogen) atoms. The number of aliphatic hydroxyl groups excluding tert-OH is 6. The summed E-state index contributed by atoms with van der Waals surface area (Å²) in [5.41, 5.74) is 10.8. The molecule has 0 amide bonds. The van der Waals surface area contributed by atoms with Crippen LogP contribution in [0.2, 0.25) is 0 Å². The van der Waals surface area contributed by atoms with Gasteiger partial charge in [0.15, 0.2) is 11.6 Å². The van der Waals surface area contributed by atoms with Gasteiger partial charge in [0.05, 0.1) is 25.3 Å². The minimum absolute atomic E-state index is 0.485. The molecule has 12 nitrogen and oxygen atoms in total. The molecule has 0 aromatic heterocycles. The van der Waals surface area contributed by atoms with E-state index in [1.807, 2.05) is 0 Å². The van der Waals surface area contributed by atoms with Crippen LogP contribution in [0, 0.1) is 0 Å². The van der Waals surface area contributed by atoms with E-state index >= 15 is 0 Å². The van der Waals surface area contributed by atoms with E-state index in [-0.39, 0.29) is 0 Å². The van der Waals surface area contributed by atoms with Crippen molar-refractivity contribution < 1.29 is 50.3 Å². The molecular formula is C14H30N2O10. The molecular weight excluding hydrogens is 356 g/mol. The smallest absolute Gasteiger partial charge is 0.181 e. The van der Waals surface area contributed by atoms with E-state index in [2.05, 4.69) is 0 Å². The molecule has 0 bridgehead atoms. The maximum Gasteiger partial charge on any atom is 0.181 e. The molecule has 2 fully saturated rings. The van der Waals surface area contributed by atoms with Crippen LogP contribution >= 0.6 is 0 Å². The Balaban J connectivity index is 0.000000260. The lowest BCUT2D eigenvalue weighted by Gasteiger charge is -2.44. The fourth-order valence-electron chi connectivity index (χ4n) is 2.70. The zero-order chi connectivity index (χ0) is 20.4. The fraction of sp³-hybridized carbons (Fsp3) is 1.00. The summed E-state index contributed by atoms with van der Waals surface area (Å²) in [4.78, 5) is 0. The van der Waals surface area contributed by atoms with E-state index < -0.39 is 73.5 Å². The first-order valence-electron chi connectivity index (χ1n) is 8.05. The zero-order valence-corrected chi connectivity index (χ0v) is 14.6. The number of ether oxygens (including phenoxy) is 2. The molecule has 2 saturated heterocycles. The van der Waals surface area contributed by atoms with Crippen LogP contribution in [0.5, 0.6) is 0 Å². The van der Waals surface area contributed by atoms with E-state index in [1.165, 1.54) is 13.8 Å². The van der Waals surface area contributed by atoms with Crippen molar-refractivity contribution in [3.63, 3.8) is 0 Å². The largest absolute Gasteiger partial charge is 0.394 e. The van der Waals surface area contributed by atoms with Crippen molar-refractivity contribution in [1.82, 2.24) is 0 Å². The van der Waals surface area contributed by atoms with Gasteiger partial charge in [0.25, 0.3) is 0 Å². The molecule has 0 spiro atoms. The van der Waals surface area contributed by atoms with Crippen molar-refractivity contribution in [2.24, 2.45) is 11.5 Å². The van der Waals surface area contributed by atoms with Crippen LogP contribution < -0.4 is 11.5 Å². The van der Waals surface area contributed by atoms with Gasteiger partial charge in [-0.15, -0.1) is 0 Å². The average Bonchev–Trinajstić information content (AvgIpc) is 2.58. The van der Waals surface area contributed by atoms with Gasteiger partial charge in [0, 0.05) is 0 Å². The van der Waals surface area contributed by atoms with E-state index in [9.17, 15) is 30.6 Å². The molecule has 156 valence electrons. The summed E-state index contributed by atoms with van der Waals surface area (Å²) >= 11 is 0. The first-order chi connectivity index (χ1) is 11.8. The Morgan fingerprint density at radius 2 is 0.962 bits per heavy atom. The van der Waals surface area contributed by atoms with Gasteiger partial charge >= 0.3 is 0 Å². The number of nitrogens with two attached hydrogens (primary N) is 2. The molecule has 10 atom stereocenters. The molecule has 2 aliphatic heterocycles. The minimum atomic E-state index is -1.73. The molecule has 2 rings (SSSR count). The Kier molecular flexibility index (Phi) is 7.87. The van der Waals surface area contributed by atoms with Crippen molar-refractivity contribution in [3.05, 3.63) is 0 Å². The summed E-state index contributed by atoms with van der Waals surface area (Å²) in [5, 5.41) is 73.8. The first-order valence-corrected chi connectivity index (χ1v) is 8.05. The second-order valence-electron chi connectivity index (χ2n) is 6.80. The number of aliphatic hydroxyl groups is 8. The van der Waals surface area contributed by atoms with Gasteiger partial charge in [-0.05, 0) is 13.8 Å². The third-order valence-corrected chi connectivity index (χ3v) is 4.57. The summed E-state index contributed by atoms with van der Waals surface area (Å²) in [6.45, 7) is 1.58. The summed E-state index contributed by atoms with van der Waals surface area (Å²) in [6.07, 6.45) is -7.18. The summed E-state index contributed by atoms with van der Waals surface area (Å²) in [5.74, 6) is -3.46. The molecule has 2 aliphatic rings. The molecule has 0 saturated carbocycles. The second-order valence-corrected chi connectivity index (χ2v) is 6.80. The lowest BCUT2D eigenvalue weighted by molar-refractivity contribution is -0.305. The van der Waals surface area contributed by atoms with Gasteiger partial charge in [-0.1, -0.05) is 0 Å². The zero-order valence-electron chi connectivity index (χ0n) is 14.6. The molecule has 0 aromatic carbocycles. The Labute approximate surface area is 150 Å². The third kappa shape index (κ3) is 4.86. The standard InChI is InChI=1S/2C7H15NO5/c2*1-7(12)6(8)5(11)4(10)3(2-9)13-7/h2*3-6,9-12H,2,8H2,1H3/t2*3-,4-,5+,6-,7+/m11/s1. The lowest BCUT2D eigenvalue weighted by Crippen LogP contribution is -2.67. The highest BCUT2D eigenvalue weighted by molar-refractivity contribution is 4.97. The topological polar surface area (TPSA) is 232 Å². The molecule has 12 heteroatoms. The van der Waals surface area contributed by atoms with E-state index in [4.69, 9.17) is 31.2 Å². The van der Waals surface area contributed by atoms with Crippen LogP contribution in [0.4, 0.5) is 0 Å². The van der Waals surface area contributed by atoms with Crippen molar-refractivity contribution in [2.45, 2.75) is 74.1 Å². The molecule has 0 aromatic rings. The van der Waals surface area contributed by atoms with Crippen LogP contribution in [0.15, 0.2) is 0 Å². The van der Waals surface area contributed by atoms with Gasteiger partial charge in [0.2, 0.25) is 0 Å². The van der Waals surface area contributed by atoms with Crippen LogP contribution in [-0.2, 0) is 9.47 Å². The summed E-state index contributed by atoms with van der Waals surface area (Å²) < 4.78 is 9.78. The van der Waals surface area contributed by atoms with Crippen LogP contribution in [0.25, 0.3) is 0 Å². The number of hydrogen-bond donors (Lipinski definition) is 10. The van der Waals surface area contributed by atoms with Gasteiger partial charge < -0.3 is 61.8 Å². The predicted molar refractivity (Wildman–Crippen MR) is 85.1 cm³/mol. The highest BCUT2D eigenvalue weighted by Gasteiger charge is 2.49. The Morgan fingerprint density at radius 1 is 0.692 bits per heavy atom. The maximum atomic E-state index is 9.50. The maximum absolute atomic E-state index is 9.50. The van der Waals surface area contributed by atoms with Gasteiger partial charge in [0.1, 0.15) is 36.6 Å². The predicted octanol–water partition coefficient (Wildman–Crippen LogP) is -5.73. The molecule has 0 radical (unpaired) electrons. The van der Waals surface area contributed by atoms with Gasteiger partial charge in [-0.25, -0.2) is 0 Å². The van der Waals surface area contributed by atoms with E-state index in [0.717, 1.165) is 0 Å². The summed E-state index contributed by atoms with van der Waals surface area (Å²) in [7, 11) is 0. The molecule has 0 unspecified atom stereocenters. The Bertz CT molecular complexity index is 407. The molecule has 2 heterocycles. The number of rotatable bonds is 2. The van der Waals surface area contributed by atoms with Crippen molar-refractivity contribution in [3.8, 4) is 0 Å². The Hall–Kier alpha value is -0.480. The van der Waals surface area contributed by atoms with Crippen molar-refractivity contribution >= 4 is 0 Å². The van der Waals surface area contributed by atoms with Gasteiger partial charge in [-0.2, -0.15) is 0 Å². The summed E-state index contributed by atoms with van der Waals surface area (Å²) in [6, 6.07) is -2.18. The van der Waals surface area contributed by atoms with Gasteiger partial charge in [-0.3, -0.25) is 0 Å². The van der Waals surface area contributed by atoms with E-state index in [1.54, 1.807) is 0 Å². The van der Waals surface area contributed by atoms with Crippen molar-refractivity contribution in [1.29, 1.82) is 0 Å². The van der Waals surface area contributed by atoms with E-state index in [0.29, 0.717) is 0 Å². The van der Waals surface area contributed by atoms with Crippen LogP contribution in [-0.4, -0.2) is 114 Å². The van der Waals surface area contributed by atoms with Crippen molar-refractivity contribution in [2.75, 3.05) is 13.2 Å². The molecule has 0 aliphatic carbocycles. The highest BCUT2D eigenvalue weighted by atomic mass is 16.7. The first kappa shape index (κ1) is 23.6. The normalized spacial score (nSPS) is 52.2. The highest BCUT2D eigenvalue weighted by Crippen LogP contribution is 2.26. The quantitative estimate of drug-likeness (QED) is 0.214. The Morgan fingerprint density at radius 3 is 1.19 bits per heavy atom. The average molecular weight is 386 g/mol. The SMILES string of the molecule is C[C@]1(O)O[C@H](CO)[C@@H](O)[C@H](O)[C@H]1N.C[C@]1(O)O[C@H](CO)[C@@H](O)[C@H](O)[C@H]1N. The second kappa shape index (κ2) is 8.68. The molecule has 12 N–H and O–H groups in total. The monoisotopic (exact) mass is 386 g/mol. The lowest BCUT2D eigenvalue weighted by atomic mass is 9.92. The minimum Gasteiger partial charge on any atom is -0.394 e. The fourth-order valence-corrected chi connectivity index (χ4v) is 2.70. The third-order valence-electron chi connectivity index (χ3n) is 4.57. The van der Waals surface area contributed by atoms with Crippen LogP contribution in [0.1, 0.15) is 13.8 Å².